The highest BCUT2D eigenvalue weighted by Gasteiger charge is 2.30. The Morgan fingerprint density at radius 3 is 2.53 bits per heavy atom. The molecule has 1 aliphatic rings. The number of benzene rings is 1. The Hall–Kier alpha value is -2.13. The van der Waals surface area contributed by atoms with Crippen LogP contribution in [0, 0.1) is 11.7 Å². The van der Waals surface area contributed by atoms with Crippen LogP contribution in [0.25, 0.3) is 0 Å². The minimum absolute atomic E-state index is 0.159. The number of carbonyl (C=O) groups excluding carboxylic acids is 1. The maximum Gasteiger partial charge on any atom is 0.323 e. The zero-order chi connectivity index (χ0) is 23.3. The molecule has 1 aromatic heterocycles. The molecule has 0 radical (unpaired) electrons. The van der Waals surface area contributed by atoms with Gasteiger partial charge in [-0.25, -0.2) is 14.2 Å². The standard InChI is InChI=1S/C23H30FN3O3S2/c1-15-4-10-18(11-5-15)27(13-12-16-6-8-17(24)9-7-16)22(30)26-21-25-14-19(31-21)32-23(2,3)20(28)29/h6-9,14-15,18H,4-5,10-13H2,1-3H3,(H,28,29)(H,25,26,30). The molecule has 1 fully saturated rings. The first-order valence-electron chi connectivity index (χ1n) is 10.8. The molecule has 1 aromatic carbocycles. The molecule has 0 unspecified atom stereocenters. The average Bonchev–Trinajstić information content (AvgIpc) is 3.16. The van der Waals surface area contributed by atoms with Gasteiger partial charge in [-0.05, 0) is 69.6 Å². The predicted molar refractivity (Wildman–Crippen MR) is 127 cm³/mol. The summed E-state index contributed by atoms with van der Waals surface area (Å²) in [6, 6.07) is 6.35. The van der Waals surface area contributed by atoms with E-state index >= 15 is 0 Å². The summed E-state index contributed by atoms with van der Waals surface area (Å²) >= 11 is 2.48. The third kappa shape index (κ3) is 6.68. The van der Waals surface area contributed by atoms with Crippen molar-refractivity contribution in [2.24, 2.45) is 5.92 Å². The largest absolute Gasteiger partial charge is 0.480 e. The third-order valence-corrected chi connectivity index (χ3v) is 8.01. The molecule has 1 heterocycles. The Kier molecular flexibility index (Phi) is 8.16. The van der Waals surface area contributed by atoms with Gasteiger partial charge in [-0.1, -0.05) is 42.2 Å². The molecule has 0 saturated heterocycles. The smallest absolute Gasteiger partial charge is 0.323 e. The van der Waals surface area contributed by atoms with Crippen molar-refractivity contribution >= 4 is 40.2 Å². The predicted octanol–water partition coefficient (Wildman–Crippen LogP) is 5.89. The van der Waals surface area contributed by atoms with Crippen LogP contribution >= 0.6 is 23.1 Å². The fourth-order valence-corrected chi connectivity index (χ4v) is 5.99. The Balaban J connectivity index is 1.67. The van der Waals surface area contributed by atoms with E-state index in [2.05, 4.69) is 17.2 Å². The van der Waals surface area contributed by atoms with Crippen molar-refractivity contribution in [1.29, 1.82) is 0 Å². The number of thiazole rings is 1. The number of thioether (sulfide) groups is 1. The maximum atomic E-state index is 13.2. The number of urea groups is 1. The van der Waals surface area contributed by atoms with E-state index in [0.29, 0.717) is 24.0 Å². The number of anilines is 1. The molecule has 1 aliphatic carbocycles. The van der Waals surface area contributed by atoms with Crippen LogP contribution in [0.15, 0.2) is 34.7 Å². The van der Waals surface area contributed by atoms with Gasteiger partial charge >= 0.3 is 12.0 Å². The van der Waals surface area contributed by atoms with Crippen molar-refractivity contribution in [2.75, 3.05) is 11.9 Å². The normalized spacial score (nSPS) is 18.9. The summed E-state index contributed by atoms with van der Waals surface area (Å²) in [5.41, 5.74) is 0.984. The molecule has 174 valence electrons. The number of aromatic nitrogens is 1. The number of amides is 2. The second-order valence-electron chi connectivity index (χ2n) is 8.82. The molecule has 0 spiro atoms. The van der Waals surface area contributed by atoms with Crippen LogP contribution in [0.2, 0.25) is 0 Å². The first-order chi connectivity index (χ1) is 15.1. The number of halogens is 1. The van der Waals surface area contributed by atoms with Crippen LogP contribution in [-0.2, 0) is 11.2 Å². The van der Waals surface area contributed by atoms with Crippen LogP contribution in [0.4, 0.5) is 14.3 Å². The number of carboxylic acid groups (broad SMARTS) is 1. The van der Waals surface area contributed by atoms with Crippen molar-refractivity contribution in [1.82, 2.24) is 9.88 Å². The van der Waals surface area contributed by atoms with E-state index in [1.807, 2.05) is 4.90 Å². The van der Waals surface area contributed by atoms with Crippen LogP contribution in [0.5, 0.6) is 0 Å². The van der Waals surface area contributed by atoms with Crippen molar-refractivity contribution in [3.05, 3.63) is 41.8 Å². The summed E-state index contributed by atoms with van der Waals surface area (Å²) in [4.78, 5) is 30.7. The highest BCUT2D eigenvalue weighted by molar-refractivity contribution is 8.03. The number of aliphatic carboxylic acids is 1. The Morgan fingerprint density at radius 2 is 1.91 bits per heavy atom. The lowest BCUT2D eigenvalue weighted by Gasteiger charge is -2.36. The molecule has 0 atom stereocenters. The number of carboxylic acids is 1. The summed E-state index contributed by atoms with van der Waals surface area (Å²) in [6.45, 7) is 6.06. The van der Waals surface area contributed by atoms with Gasteiger partial charge < -0.3 is 10.0 Å². The molecule has 32 heavy (non-hydrogen) atoms. The summed E-state index contributed by atoms with van der Waals surface area (Å²) in [7, 11) is 0. The van der Waals surface area contributed by atoms with Crippen LogP contribution in [0.1, 0.15) is 52.0 Å². The number of hydrogen-bond acceptors (Lipinski definition) is 5. The van der Waals surface area contributed by atoms with Gasteiger partial charge in [0.2, 0.25) is 0 Å². The van der Waals surface area contributed by atoms with E-state index in [-0.39, 0.29) is 17.9 Å². The van der Waals surface area contributed by atoms with Crippen LogP contribution < -0.4 is 5.32 Å². The van der Waals surface area contributed by atoms with E-state index in [4.69, 9.17) is 0 Å². The number of nitrogens with zero attached hydrogens (tertiary/aromatic N) is 2. The second-order valence-corrected chi connectivity index (χ2v) is 11.8. The number of rotatable bonds is 8. The fourth-order valence-electron chi connectivity index (χ4n) is 3.73. The Labute approximate surface area is 196 Å². The summed E-state index contributed by atoms with van der Waals surface area (Å²) in [5.74, 6) is -0.502. The zero-order valence-electron chi connectivity index (χ0n) is 18.6. The third-order valence-electron chi connectivity index (χ3n) is 5.81. The first kappa shape index (κ1) is 24.5. The molecular weight excluding hydrogens is 449 g/mol. The Morgan fingerprint density at radius 1 is 1.25 bits per heavy atom. The van der Waals surface area contributed by atoms with E-state index in [0.717, 1.165) is 35.5 Å². The first-order valence-corrected chi connectivity index (χ1v) is 12.5. The van der Waals surface area contributed by atoms with E-state index in [1.54, 1.807) is 32.2 Å². The molecule has 6 nitrogen and oxygen atoms in total. The Bertz CT molecular complexity index is 925. The van der Waals surface area contributed by atoms with Crippen LogP contribution in [-0.4, -0.2) is 44.3 Å². The van der Waals surface area contributed by atoms with Gasteiger partial charge in [0, 0.05) is 12.6 Å². The van der Waals surface area contributed by atoms with Gasteiger partial charge in [-0.15, -0.1) is 0 Å². The maximum absolute atomic E-state index is 13.2. The second kappa shape index (κ2) is 10.7. The summed E-state index contributed by atoms with van der Waals surface area (Å²) in [5, 5.41) is 12.7. The monoisotopic (exact) mass is 479 g/mol. The highest BCUT2D eigenvalue weighted by atomic mass is 32.2. The van der Waals surface area contributed by atoms with Gasteiger partial charge in [0.25, 0.3) is 0 Å². The van der Waals surface area contributed by atoms with Crippen molar-refractivity contribution in [3.8, 4) is 0 Å². The summed E-state index contributed by atoms with van der Waals surface area (Å²) in [6.07, 6.45) is 6.35. The van der Waals surface area contributed by atoms with E-state index in [9.17, 15) is 19.1 Å². The minimum atomic E-state index is -0.978. The summed E-state index contributed by atoms with van der Waals surface area (Å²) < 4.78 is 13.0. The number of hydrogen-bond donors (Lipinski definition) is 2. The van der Waals surface area contributed by atoms with Gasteiger partial charge in [0.15, 0.2) is 5.13 Å². The SMILES string of the molecule is CC1CCC(N(CCc2ccc(F)cc2)C(=O)Nc2ncc(SC(C)(C)C(=O)O)s2)CC1. The molecule has 0 aliphatic heterocycles. The van der Waals surface area contributed by atoms with E-state index < -0.39 is 10.7 Å². The van der Waals surface area contributed by atoms with Gasteiger partial charge in [-0.2, -0.15) is 0 Å². The van der Waals surface area contributed by atoms with E-state index in [1.165, 1.54) is 35.2 Å². The topological polar surface area (TPSA) is 82.5 Å². The lowest BCUT2D eigenvalue weighted by molar-refractivity contribution is -0.138. The molecule has 2 N–H and O–H groups in total. The molecule has 9 heteroatoms. The molecule has 3 rings (SSSR count). The lowest BCUT2D eigenvalue weighted by Crippen LogP contribution is -2.45. The van der Waals surface area contributed by atoms with Crippen molar-refractivity contribution in [3.63, 3.8) is 0 Å². The number of nitrogens with one attached hydrogen (secondary N) is 1. The molecule has 2 amide bonds. The van der Waals surface area contributed by atoms with Gasteiger partial charge in [0.05, 0.1) is 10.4 Å². The number of carbonyl (C=O) groups is 2. The van der Waals surface area contributed by atoms with Crippen LogP contribution in [0.3, 0.4) is 0 Å². The molecule has 1 saturated carbocycles. The zero-order valence-corrected chi connectivity index (χ0v) is 20.3. The van der Waals surface area contributed by atoms with Crippen molar-refractivity contribution < 1.29 is 19.1 Å². The molecular formula is C23H30FN3O3S2. The highest BCUT2D eigenvalue weighted by Crippen LogP contribution is 2.37. The quantitative estimate of drug-likeness (QED) is 0.461. The minimum Gasteiger partial charge on any atom is -0.480 e. The van der Waals surface area contributed by atoms with Crippen molar-refractivity contribution in [2.45, 2.75) is 67.9 Å². The lowest BCUT2D eigenvalue weighted by atomic mass is 9.86. The average molecular weight is 480 g/mol. The van der Waals surface area contributed by atoms with Gasteiger partial charge in [-0.3, -0.25) is 10.1 Å². The molecule has 2 aromatic rings. The van der Waals surface area contributed by atoms with Gasteiger partial charge in [0.1, 0.15) is 10.6 Å². The molecule has 0 bridgehead atoms. The fraction of sp³-hybridized carbons (Fsp3) is 0.522.